The SMILES string of the molecule is Cc1cccc(S(=O)(=O)O)c1C(C)C. The summed E-state index contributed by atoms with van der Waals surface area (Å²) in [6.07, 6.45) is 0. The molecule has 0 heterocycles. The highest BCUT2D eigenvalue weighted by Crippen LogP contribution is 2.26. The van der Waals surface area contributed by atoms with Crippen LogP contribution in [0.4, 0.5) is 0 Å². The van der Waals surface area contributed by atoms with E-state index in [1.807, 2.05) is 26.8 Å². The van der Waals surface area contributed by atoms with Gasteiger partial charge in [-0.2, -0.15) is 8.42 Å². The summed E-state index contributed by atoms with van der Waals surface area (Å²) < 4.78 is 31.1. The Bertz CT molecular complexity index is 433. The molecule has 0 aliphatic carbocycles. The predicted octanol–water partition coefficient (Wildman–Crippen LogP) is 2.37. The van der Waals surface area contributed by atoms with Crippen LogP contribution in [0.2, 0.25) is 0 Å². The minimum absolute atomic E-state index is 0.0208. The van der Waals surface area contributed by atoms with E-state index in [9.17, 15) is 8.42 Å². The fraction of sp³-hybridized carbons (Fsp3) is 0.400. The molecular weight excluding hydrogens is 200 g/mol. The molecule has 0 saturated heterocycles. The van der Waals surface area contributed by atoms with Crippen LogP contribution in [0.25, 0.3) is 0 Å². The molecule has 1 rings (SSSR count). The van der Waals surface area contributed by atoms with E-state index in [2.05, 4.69) is 0 Å². The number of hydrogen-bond donors (Lipinski definition) is 1. The smallest absolute Gasteiger partial charge is 0.282 e. The second-order valence-corrected chi connectivity index (χ2v) is 5.01. The summed E-state index contributed by atoms with van der Waals surface area (Å²) in [7, 11) is -4.10. The molecule has 0 atom stereocenters. The minimum atomic E-state index is -4.10. The lowest BCUT2D eigenvalue weighted by Crippen LogP contribution is -2.06. The summed E-state index contributed by atoms with van der Waals surface area (Å²) in [6.45, 7) is 5.64. The molecular formula is C10H14O3S. The molecule has 78 valence electrons. The first-order valence-electron chi connectivity index (χ1n) is 4.41. The molecule has 4 heteroatoms. The normalized spacial score (nSPS) is 12.1. The molecule has 0 radical (unpaired) electrons. The molecule has 0 aromatic heterocycles. The van der Waals surface area contributed by atoms with Gasteiger partial charge in [-0.15, -0.1) is 0 Å². The van der Waals surface area contributed by atoms with Gasteiger partial charge in [-0.1, -0.05) is 26.0 Å². The molecule has 0 amide bonds. The van der Waals surface area contributed by atoms with Gasteiger partial charge in [0.15, 0.2) is 0 Å². The van der Waals surface area contributed by atoms with E-state index in [1.165, 1.54) is 6.07 Å². The van der Waals surface area contributed by atoms with E-state index in [0.29, 0.717) is 5.56 Å². The Morgan fingerprint density at radius 3 is 2.21 bits per heavy atom. The Balaban J connectivity index is 3.52. The third kappa shape index (κ3) is 2.13. The summed E-state index contributed by atoms with van der Waals surface area (Å²) in [5, 5.41) is 0. The number of hydrogen-bond acceptors (Lipinski definition) is 2. The number of rotatable bonds is 2. The van der Waals surface area contributed by atoms with Gasteiger partial charge in [0.25, 0.3) is 10.1 Å². The number of aryl methyl sites for hydroxylation is 1. The van der Waals surface area contributed by atoms with E-state index in [-0.39, 0.29) is 10.8 Å². The average molecular weight is 214 g/mol. The molecule has 14 heavy (non-hydrogen) atoms. The van der Waals surface area contributed by atoms with E-state index >= 15 is 0 Å². The van der Waals surface area contributed by atoms with Crippen LogP contribution in [0.15, 0.2) is 23.1 Å². The molecule has 0 fully saturated rings. The van der Waals surface area contributed by atoms with E-state index < -0.39 is 10.1 Å². The lowest BCUT2D eigenvalue weighted by atomic mass is 9.98. The minimum Gasteiger partial charge on any atom is -0.282 e. The Labute approximate surface area is 84.5 Å². The Morgan fingerprint density at radius 2 is 1.86 bits per heavy atom. The quantitative estimate of drug-likeness (QED) is 0.769. The summed E-state index contributed by atoms with van der Waals surface area (Å²) in [4.78, 5) is 0.0208. The van der Waals surface area contributed by atoms with Crippen molar-refractivity contribution in [1.29, 1.82) is 0 Å². The maximum absolute atomic E-state index is 11.1. The highest BCUT2D eigenvalue weighted by Gasteiger charge is 2.18. The van der Waals surface area contributed by atoms with Gasteiger partial charge in [0.1, 0.15) is 0 Å². The molecule has 1 aromatic rings. The van der Waals surface area contributed by atoms with Crippen LogP contribution >= 0.6 is 0 Å². The van der Waals surface area contributed by atoms with Crippen molar-refractivity contribution in [3.63, 3.8) is 0 Å². The van der Waals surface area contributed by atoms with Gasteiger partial charge in [0.05, 0.1) is 4.90 Å². The van der Waals surface area contributed by atoms with E-state index in [0.717, 1.165) is 5.56 Å². The predicted molar refractivity (Wildman–Crippen MR) is 55.1 cm³/mol. The van der Waals surface area contributed by atoms with Gasteiger partial charge in [0, 0.05) is 0 Å². The summed E-state index contributed by atoms with van der Waals surface area (Å²) in [6, 6.07) is 4.89. The monoisotopic (exact) mass is 214 g/mol. The lowest BCUT2D eigenvalue weighted by molar-refractivity contribution is 0.481. The standard InChI is InChI=1S/C10H14O3S/c1-7(2)10-8(3)5-4-6-9(10)14(11,12)13/h4-7H,1-3H3,(H,11,12,13). The first-order chi connectivity index (χ1) is 6.34. The first-order valence-corrected chi connectivity index (χ1v) is 5.85. The molecule has 0 aliphatic heterocycles. The van der Waals surface area contributed by atoms with Crippen molar-refractivity contribution in [2.75, 3.05) is 0 Å². The summed E-state index contributed by atoms with van der Waals surface area (Å²) in [5.74, 6) is 0.0770. The van der Waals surface area contributed by atoms with Gasteiger partial charge in [-0.3, -0.25) is 4.55 Å². The van der Waals surface area contributed by atoms with Gasteiger partial charge in [0.2, 0.25) is 0 Å². The van der Waals surface area contributed by atoms with Gasteiger partial charge in [-0.05, 0) is 30.0 Å². The maximum atomic E-state index is 11.1. The molecule has 1 aromatic carbocycles. The third-order valence-corrected chi connectivity index (χ3v) is 3.05. The fourth-order valence-corrected chi connectivity index (χ4v) is 2.54. The van der Waals surface area contributed by atoms with Crippen molar-refractivity contribution in [3.05, 3.63) is 29.3 Å². The van der Waals surface area contributed by atoms with Crippen molar-refractivity contribution in [2.24, 2.45) is 0 Å². The highest BCUT2D eigenvalue weighted by atomic mass is 32.2. The van der Waals surface area contributed by atoms with Gasteiger partial charge >= 0.3 is 0 Å². The zero-order chi connectivity index (χ0) is 10.9. The van der Waals surface area contributed by atoms with Crippen LogP contribution in [0.1, 0.15) is 30.9 Å². The largest absolute Gasteiger partial charge is 0.294 e. The van der Waals surface area contributed by atoms with Crippen molar-refractivity contribution in [3.8, 4) is 0 Å². The van der Waals surface area contributed by atoms with Crippen LogP contribution in [0, 0.1) is 6.92 Å². The summed E-state index contributed by atoms with van der Waals surface area (Å²) >= 11 is 0. The zero-order valence-electron chi connectivity index (χ0n) is 8.48. The topological polar surface area (TPSA) is 54.4 Å². The van der Waals surface area contributed by atoms with Crippen molar-refractivity contribution in [2.45, 2.75) is 31.6 Å². The van der Waals surface area contributed by atoms with Crippen LogP contribution < -0.4 is 0 Å². The van der Waals surface area contributed by atoms with Crippen LogP contribution in [0.3, 0.4) is 0 Å². The number of benzene rings is 1. The zero-order valence-corrected chi connectivity index (χ0v) is 9.30. The van der Waals surface area contributed by atoms with E-state index in [1.54, 1.807) is 6.07 Å². The van der Waals surface area contributed by atoms with Crippen LogP contribution in [-0.4, -0.2) is 13.0 Å². The van der Waals surface area contributed by atoms with Crippen molar-refractivity contribution >= 4 is 10.1 Å². The first kappa shape index (κ1) is 11.2. The maximum Gasteiger partial charge on any atom is 0.294 e. The Morgan fingerprint density at radius 1 is 1.29 bits per heavy atom. The third-order valence-electron chi connectivity index (χ3n) is 2.14. The van der Waals surface area contributed by atoms with Crippen LogP contribution in [0.5, 0.6) is 0 Å². The molecule has 0 saturated carbocycles. The lowest BCUT2D eigenvalue weighted by Gasteiger charge is -2.13. The van der Waals surface area contributed by atoms with Crippen LogP contribution in [-0.2, 0) is 10.1 Å². The second-order valence-electron chi connectivity index (χ2n) is 3.62. The Kier molecular flexibility index (Phi) is 2.97. The highest BCUT2D eigenvalue weighted by molar-refractivity contribution is 7.85. The molecule has 1 N–H and O–H groups in total. The van der Waals surface area contributed by atoms with Gasteiger partial charge in [-0.25, -0.2) is 0 Å². The van der Waals surface area contributed by atoms with E-state index in [4.69, 9.17) is 4.55 Å². The van der Waals surface area contributed by atoms with Crippen molar-refractivity contribution < 1.29 is 13.0 Å². The fourth-order valence-electron chi connectivity index (χ4n) is 1.62. The average Bonchev–Trinajstić information content (AvgIpc) is 2.01. The second kappa shape index (κ2) is 3.71. The van der Waals surface area contributed by atoms with Gasteiger partial charge < -0.3 is 0 Å². The molecule has 0 unspecified atom stereocenters. The molecule has 0 bridgehead atoms. The van der Waals surface area contributed by atoms with Crippen molar-refractivity contribution in [1.82, 2.24) is 0 Å². The molecule has 0 spiro atoms. The molecule has 0 aliphatic rings. The summed E-state index contributed by atoms with van der Waals surface area (Å²) in [5.41, 5.74) is 1.57. The molecule has 3 nitrogen and oxygen atoms in total. The Hall–Kier alpha value is -0.870.